The van der Waals surface area contributed by atoms with Crippen molar-refractivity contribution in [1.82, 2.24) is 0 Å². The lowest BCUT2D eigenvalue weighted by molar-refractivity contribution is -0.162. The fourth-order valence-corrected chi connectivity index (χ4v) is 1.68. The summed E-state index contributed by atoms with van der Waals surface area (Å²) < 4.78 is 9.89. The van der Waals surface area contributed by atoms with E-state index >= 15 is 0 Å². The molecule has 0 amide bonds. The van der Waals surface area contributed by atoms with Gasteiger partial charge in [-0.2, -0.15) is 0 Å². The molecule has 0 aromatic rings. The van der Waals surface area contributed by atoms with Crippen LogP contribution in [0.15, 0.2) is 0 Å². The number of unbranched alkanes of at least 4 members (excludes halogenated alkanes) is 3. The van der Waals surface area contributed by atoms with Gasteiger partial charge in [0, 0.05) is 5.88 Å². The van der Waals surface area contributed by atoms with Crippen LogP contribution >= 0.6 is 11.6 Å². The van der Waals surface area contributed by atoms with E-state index in [9.17, 15) is 9.59 Å². The van der Waals surface area contributed by atoms with Gasteiger partial charge in [0.05, 0.1) is 13.2 Å². The molecular weight excluding hydrogens is 256 g/mol. The van der Waals surface area contributed by atoms with E-state index in [1.165, 1.54) is 0 Å². The van der Waals surface area contributed by atoms with Crippen molar-refractivity contribution in [2.75, 3.05) is 19.1 Å². The van der Waals surface area contributed by atoms with Gasteiger partial charge in [0.2, 0.25) is 0 Å². The van der Waals surface area contributed by atoms with Crippen LogP contribution in [0.5, 0.6) is 0 Å². The van der Waals surface area contributed by atoms with Gasteiger partial charge in [-0.1, -0.05) is 19.8 Å². The highest BCUT2D eigenvalue weighted by atomic mass is 35.5. The van der Waals surface area contributed by atoms with Gasteiger partial charge in [-0.25, -0.2) is 0 Å². The Kier molecular flexibility index (Phi) is 10.8. The van der Waals surface area contributed by atoms with Gasteiger partial charge in [-0.15, -0.1) is 11.6 Å². The van der Waals surface area contributed by atoms with E-state index in [1.54, 1.807) is 13.8 Å². The van der Waals surface area contributed by atoms with Crippen LogP contribution in [0.1, 0.15) is 46.0 Å². The zero-order valence-corrected chi connectivity index (χ0v) is 12.0. The molecule has 5 heteroatoms. The number of esters is 2. The minimum absolute atomic E-state index is 0.279. The van der Waals surface area contributed by atoms with Crippen LogP contribution in [-0.2, 0) is 19.1 Å². The second-order valence-electron chi connectivity index (χ2n) is 3.98. The number of hydrogen-bond acceptors (Lipinski definition) is 4. The summed E-state index contributed by atoms with van der Waals surface area (Å²) in [5.41, 5.74) is 0. The molecule has 106 valence electrons. The third-order valence-corrected chi connectivity index (χ3v) is 2.80. The van der Waals surface area contributed by atoms with Gasteiger partial charge in [-0.05, 0) is 26.2 Å². The Labute approximate surface area is 114 Å². The molecule has 0 aliphatic heterocycles. The smallest absolute Gasteiger partial charge is 0.320 e. The summed E-state index contributed by atoms with van der Waals surface area (Å²) in [5.74, 6) is -1.09. The Morgan fingerprint density at radius 3 is 2.17 bits per heavy atom. The fourth-order valence-electron chi connectivity index (χ4n) is 1.50. The van der Waals surface area contributed by atoms with E-state index in [1.807, 2.05) is 0 Å². The number of ether oxygens (including phenoxy) is 2. The van der Waals surface area contributed by atoms with Crippen LogP contribution in [0.3, 0.4) is 0 Å². The fraction of sp³-hybridized carbons (Fsp3) is 0.846. The predicted octanol–water partition coefficient (Wildman–Crippen LogP) is 2.92. The highest BCUT2D eigenvalue weighted by Gasteiger charge is 2.27. The second kappa shape index (κ2) is 11.3. The molecule has 0 saturated carbocycles. The Morgan fingerprint density at radius 2 is 1.61 bits per heavy atom. The van der Waals surface area contributed by atoms with Gasteiger partial charge >= 0.3 is 11.9 Å². The molecule has 0 saturated heterocycles. The third kappa shape index (κ3) is 7.54. The van der Waals surface area contributed by atoms with Crippen molar-refractivity contribution in [3.05, 3.63) is 0 Å². The van der Waals surface area contributed by atoms with Crippen molar-refractivity contribution < 1.29 is 19.1 Å². The van der Waals surface area contributed by atoms with Crippen LogP contribution in [0.2, 0.25) is 0 Å². The van der Waals surface area contributed by atoms with Crippen molar-refractivity contribution in [3.63, 3.8) is 0 Å². The number of rotatable bonds is 10. The third-order valence-electron chi connectivity index (χ3n) is 2.54. The van der Waals surface area contributed by atoms with Crippen molar-refractivity contribution in [2.45, 2.75) is 46.0 Å². The average molecular weight is 279 g/mol. The number of alkyl halides is 1. The van der Waals surface area contributed by atoms with Gasteiger partial charge in [0.25, 0.3) is 0 Å². The molecule has 0 aliphatic rings. The molecule has 4 nitrogen and oxygen atoms in total. The summed E-state index contributed by atoms with van der Waals surface area (Å²) in [6.45, 7) is 4.12. The lowest BCUT2D eigenvalue weighted by Gasteiger charge is -2.12. The second-order valence-corrected chi connectivity index (χ2v) is 4.36. The summed E-state index contributed by atoms with van der Waals surface area (Å²) in [4.78, 5) is 23.1. The topological polar surface area (TPSA) is 52.6 Å². The molecule has 0 aromatic carbocycles. The minimum Gasteiger partial charge on any atom is -0.465 e. The first-order valence-electron chi connectivity index (χ1n) is 6.56. The average Bonchev–Trinajstić information content (AvgIpc) is 2.35. The van der Waals surface area contributed by atoms with E-state index in [2.05, 4.69) is 0 Å². The predicted molar refractivity (Wildman–Crippen MR) is 70.6 cm³/mol. The molecule has 0 rings (SSSR count). The molecule has 0 N–H and O–H groups in total. The number of carbonyl (C=O) groups excluding carboxylic acids is 2. The SMILES string of the molecule is CCOC(=O)C(CC)C(=O)OCCCCCCCl. The molecule has 1 atom stereocenters. The van der Waals surface area contributed by atoms with E-state index in [0.717, 1.165) is 25.7 Å². The van der Waals surface area contributed by atoms with Gasteiger partial charge in [0.15, 0.2) is 5.92 Å². The van der Waals surface area contributed by atoms with Gasteiger partial charge < -0.3 is 9.47 Å². The van der Waals surface area contributed by atoms with Crippen LogP contribution in [0.4, 0.5) is 0 Å². The molecule has 0 aliphatic carbocycles. The Hall–Kier alpha value is -0.770. The normalized spacial score (nSPS) is 11.9. The zero-order chi connectivity index (χ0) is 13.8. The minimum atomic E-state index is -0.784. The van der Waals surface area contributed by atoms with Crippen molar-refractivity contribution >= 4 is 23.5 Å². The largest absolute Gasteiger partial charge is 0.465 e. The molecule has 0 spiro atoms. The summed E-state index contributed by atoms with van der Waals surface area (Å²) in [6, 6.07) is 0. The molecule has 1 unspecified atom stereocenters. The highest BCUT2D eigenvalue weighted by molar-refractivity contribution is 6.17. The van der Waals surface area contributed by atoms with E-state index in [0.29, 0.717) is 18.9 Å². The maximum atomic E-state index is 11.6. The number of hydrogen-bond donors (Lipinski definition) is 0. The monoisotopic (exact) mass is 278 g/mol. The standard InChI is InChI=1S/C13H23ClO4/c1-3-11(12(15)17-4-2)13(16)18-10-8-6-5-7-9-14/h11H,3-10H2,1-2H3. The first-order valence-corrected chi connectivity index (χ1v) is 7.10. The van der Waals surface area contributed by atoms with Crippen molar-refractivity contribution in [2.24, 2.45) is 5.92 Å². The molecule has 0 aromatic heterocycles. The van der Waals surface area contributed by atoms with Crippen molar-refractivity contribution in [3.8, 4) is 0 Å². The highest BCUT2D eigenvalue weighted by Crippen LogP contribution is 2.09. The number of carbonyl (C=O) groups is 2. The van der Waals surface area contributed by atoms with Crippen molar-refractivity contribution in [1.29, 1.82) is 0 Å². The van der Waals surface area contributed by atoms with E-state index < -0.39 is 17.9 Å². The lowest BCUT2D eigenvalue weighted by Crippen LogP contribution is -2.27. The summed E-state index contributed by atoms with van der Waals surface area (Å²) >= 11 is 5.55. The Bertz CT molecular complexity index is 243. The van der Waals surface area contributed by atoms with Gasteiger partial charge in [-0.3, -0.25) is 9.59 Å². The molecule has 18 heavy (non-hydrogen) atoms. The maximum absolute atomic E-state index is 11.6. The zero-order valence-electron chi connectivity index (χ0n) is 11.2. The number of halogens is 1. The lowest BCUT2D eigenvalue weighted by atomic mass is 10.1. The summed E-state index contributed by atoms with van der Waals surface area (Å²) in [6.07, 6.45) is 4.22. The quantitative estimate of drug-likeness (QED) is 0.267. The van der Waals surface area contributed by atoms with Crippen LogP contribution in [0, 0.1) is 5.92 Å². The Morgan fingerprint density at radius 1 is 1.00 bits per heavy atom. The molecular formula is C13H23ClO4. The van der Waals surface area contributed by atoms with Crippen LogP contribution in [-0.4, -0.2) is 31.0 Å². The molecule has 0 radical (unpaired) electrons. The van der Waals surface area contributed by atoms with Crippen LogP contribution in [0.25, 0.3) is 0 Å². The first kappa shape index (κ1) is 17.2. The first-order chi connectivity index (χ1) is 8.67. The Balaban J connectivity index is 3.80. The summed E-state index contributed by atoms with van der Waals surface area (Å²) in [7, 11) is 0. The summed E-state index contributed by atoms with van der Waals surface area (Å²) in [5, 5.41) is 0. The maximum Gasteiger partial charge on any atom is 0.320 e. The van der Waals surface area contributed by atoms with Gasteiger partial charge in [0.1, 0.15) is 0 Å². The molecule has 0 bridgehead atoms. The van der Waals surface area contributed by atoms with Crippen LogP contribution < -0.4 is 0 Å². The van der Waals surface area contributed by atoms with E-state index in [-0.39, 0.29) is 6.61 Å². The molecule has 0 heterocycles. The van der Waals surface area contributed by atoms with E-state index in [4.69, 9.17) is 21.1 Å². The molecule has 0 fully saturated rings.